The number of anilines is 1. The van der Waals surface area contributed by atoms with Crippen molar-refractivity contribution in [3.05, 3.63) is 47.3 Å². The van der Waals surface area contributed by atoms with E-state index in [1.165, 1.54) is 6.20 Å². The Balaban J connectivity index is 1.85. The Morgan fingerprint density at radius 2 is 2.14 bits per heavy atom. The molecule has 2 aliphatic rings. The minimum Gasteiger partial charge on any atom is -0.393 e. The second-order valence-electron chi connectivity index (χ2n) is 10.9. The monoisotopic (exact) mass is 481 g/mol. The summed E-state index contributed by atoms with van der Waals surface area (Å²) in [4.78, 5) is 24.4. The molecular formula is C27H35N5O3. The van der Waals surface area contributed by atoms with Crippen LogP contribution in [0, 0.1) is 16.7 Å². The molecule has 1 aliphatic carbocycles. The Bertz CT molecular complexity index is 1360. The van der Waals surface area contributed by atoms with E-state index in [0.29, 0.717) is 18.5 Å². The first-order valence-electron chi connectivity index (χ1n) is 13.8. The van der Waals surface area contributed by atoms with Gasteiger partial charge in [0, 0.05) is 15.7 Å². The number of rotatable bonds is 5. The van der Waals surface area contributed by atoms with Gasteiger partial charge in [0.2, 0.25) is 0 Å². The smallest absolute Gasteiger partial charge is 0.291 e. The molecule has 1 saturated heterocycles. The van der Waals surface area contributed by atoms with Crippen LogP contribution in [0.2, 0.25) is 0 Å². The predicted octanol–water partition coefficient (Wildman–Crippen LogP) is 4.95. The van der Waals surface area contributed by atoms with Crippen molar-refractivity contribution in [2.45, 2.75) is 83.8 Å². The number of aromatic nitrogens is 3. The Labute approximate surface area is 212 Å². The van der Waals surface area contributed by atoms with Crippen molar-refractivity contribution in [3.8, 4) is 6.07 Å². The Morgan fingerprint density at radius 3 is 2.83 bits per heavy atom. The van der Waals surface area contributed by atoms with E-state index in [1.807, 2.05) is 26.8 Å². The third-order valence-corrected chi connectivity index (χ3v) is 6.33. The molecule has 0 aromatic carbocycles. The van der Waals surface area contributed by atoms with Gasteiger partial charge in [-0.3, -0.25) is 9.78 Å². The summed E-state index contributed by atoms with van der Waals surface area (Å²) in [6.07, 6.45) is -0.675. The van der Waals surface area contributed by atoms with Crippen LogP contribution in [-0.2, 0) is 4.74 Å². The summed E-state index contributed by atoms with van der Waals surface area (Å²) in [6.45, 7) is 9.08. The first-order valence-corrected chi connectivity index (χ1v) is 11.7. The summed E-state index contributed by atoms with van der Waals surface area (Å²) in [5.41, 5.74) is -1.17. The molecule has 0 spiro atoms. The number of carbonyl (C=O) groups excluding carboxylic acids is 1. The SMILES string of the molecule is [2H]C1=C(c2nc(C3CC(C)(C)OC(C)(CO)C3)ccc2NC(=O)c2ncc(C#N)[nH]2)C([2H])([2H])CC(C)(C)C1[2H]. The molecule has 3 N–H and O–H groups in total. The number of amides is 1. The molecule has 2 aromatic rings. The maximum atomic E-state index is 13.0. The quantitative estimate of drug-likeness (QED) is 0.555. The second kappa shape index (κ2) is 9.21. The first-order chi connectivity index (χ1) is 18.0. The lowest BCUT2D eigenvalue weighted by atomic mass is 9.77. The number of ether oxygens (including phenoxy) is 1. The molecule has 1 amide bonds. The molecule has 4 rings (SSSR count). The molecule has 35 heavy (non-hydrogen) atoms. The molecule has 8 nitrogen and oxygen atoms in total. The number of aromatic amines is 1. The van der Waals surface area contributed by atoms with Crippen molar-refractivity contribution in [2.75, 3.05) is 11.9 Å². The Hall–Kier alpha value is -3.02. The summed E-state index contributed by atoms with van der Waals surface area (Å²) in [6, 6.07) is 5.06. The first kappa shape index (κ1) is 20.2. The van der Waals surface area contributed by atoms with Crippen LogP contribution in [0.4, 0.5) is 5.69 Å². The maximum absolute atomic E-state index is 13.0. The van der Waals surface area contributed by atoms with E-state index in [-0.39, 0.29) is 53.5 Å². The van der Waals surface area contributed by atoms with Crippen LogP contribution in [0.5, 0.6) is 0 Å². The Morgan fingerprint density at radius 1 is 1.37 bits per heavy atom. The van der Waals surface area contributed by atoms with Gasteiger partial charge in [-0.25, -0.2) is 4.98 Å². The number of nitrogens with one attached hydrogen (secondary N) is 2. The molecule has 1 aliphatic heterocycles. The molecule has 0 bridgehead atoms. The van der Waals surface area contributed by atoms with Crippen molar-refractivity contribution in [1.29, 1.82) is 5.26 Å². The number of hydrogen-bond acceptors (Lipinski definition) is 6. The van der Waals surface area contributed by atoms with E-state index in [0.717, 1.165) is 0 Å². The van der Waals surface area contributed by atoms with E-state index in [2.05, 4.69) is 15.3 Å². The summed E-state index contributed by atoms with van der Waals surface area (Å²) in [7, 11) is 0. The fourth-order valence-corrected chi connectivity index (χ4v) is 4.75. The average molecular weight is 482 g/mol. The largest absolute Gasteiger partial charge is 0.393 e. The van der Waals surface area contributed by atoms with Crippen LogP contribution >= 0.6 is 0 Å². The molecule has 0 radical (unpaired) electrons. The zero-order valence-corrected chi connectivity index (χ0v) is 20.8. The van der Waals surface area contributed by atoms with Crippen LogP contribution < -0.4 is 5.32 Å². The van der Waals surface area contributed by atoms with E-state index in [9.17, 15) is 9.90 Å². The zero-order valence-electron chi connectivity index (χ0n) is 24.8. The topological polar surface area (TPSA) is 124 Å². The lowest BCUT2D eigenvalue weighted by molar-refractivity contribution is -0.187. The zero-order chi connectivity index (χ0) is 29.0. The van der Waals surface area contributed by atoms with Crippen molar-refractivity contribution in [2.24, 2.45) is 5.41 Å². The van der Waals surface area contributed by atoms with Gasteiger partial charge in [0.25, 0.3) is 5.91 Å². The summed E-state index contributed by atoms with van der Waals surface area (Å²) in [5, 5.41) is 21.8. The number of nitriles is 1. The Kier molecular flexibility index (Phi) is 5.32. The highest BCUT2D eigenvalue weighted by molar-refractivity contribution is 6.03. The van der Waals surface area contributed by atoms with Crippen molar-refractivity contribution in [1.82, 2.24) is 15.0 Å². The number of imidazole rings is 1. The van der Waals surface area contributed by atoms with Crippen LogP contribution in [0.25, 0.3) is 5.57 Å². The number of pyridine rings is 1. The minimum atomic E-state index is -1.99. The highest BCUT2D eigenvalue weighted by Gasteiger charge is 2.43. The fourth-order valence-electron chi connectivity index (χ4n) is 4.75. The molecule has 3 heterocycles. The standard InChI is InChI=1S/C27H35N5O3/c1-25(2)10-8-17(9-11-25)22-21(32-24(34)23-29-15-19(14-28)30-23)7-6-20(31-22)18-12-26(3,4)35-27(5,13-18)16-33/h6-8,15,18,33H,9-13,16H2,1-5H3,(H,29,30)(H,32,34)/i8D,9D2,10D. The minimum absolute atomic E-state index is 0.00176. The van der Waals surface area contributed by atoms with Gasteiger partial charge in [0.1, 0.15) is 11.8 Å². The number of carbonyl (C=O) groups is 1. The number of aliphatic hydroxyl groups excluding tert-OH is 1. The third kappa shape index (κ3) is 5.63. The van der Waals surface area contributed by atoms with Gasteiger partial charge in [0.15, 0.2) is 5.82 Å². The van der Waals surface area contributed by atoms with Gasteiger partial charge in [-0.05, 0) is 75.9 Å². The van der Waals surface area contributed by atoms with Crippen LogP contribution in [0.1, 0.15) is 106 Å². The normalized spacial score (nSPS) is 30.9. The van der Waals surface area contributed by atoms with Crippen molar-refractivity contribution in [3.63, 3.8) is 0 Å². The van der Waals surface area contributed by atoms with Crippen LogP contribution in [0.3, 0.4) is 0 Å². The number of aliphatic hydroxyl groups is 1. The third-order valence-electron chi connectivity index (χ3n) is 6.33. The van der Waals surface area contributed by atoms with Gasteiger partial charge >= 0.3 is 0 Å². The maximum Gasteiger partial charge on any atom is 0.291 e. The fraction of sp³-hybridized carbons (Fsp3) is 0.556. The molecule has 3 atom stereocenters. The number of hydrogen-bond donors (Lipinski definition) is 3. The lowest BCUT2D eigenvalue weighted by Crippen LogP contribution is -2.48. The van der Waals surface area contributed by atoms with Gasteiger partial charge in [-0.15, -0.1) is 0 Å². The summed E-state index contributed by atoms with van der Waals surface area (Å²) >= 11 is 0. The molecular weight excluding hydrogens is 442 g/mol. The van der Waals surface area contributed by atoms with Gasteiger partial charge in [0.05, 0.1) is 36.8 Å². The summed E-state index contributed by atoms with van der Waals surface area (Å²) < 4.78 is 41.4. The number of allylic oxidation sites excluding steroid dienone is 2. The molecule has 8 heteroatoms. The molecule has 3 unspecified atom stereocenters. The average Bonchev–Trinajstić information content (AvgIpc) is 3.31. The van der Waals surface area contributed by atoms with Gasteiger partial charge in [-0.1, -0.05) is 19.9 Å². The highest BCUT2D eigenvalue weighted by atomic mass is 16.5. The van der Waals surface area contributed by atoms with Crippen LogP contribution in [-0.4, -0.2) is 43.8 Å². The van der Waals surface area contributed by atoms with E-state index in [1.54, 1.807) is 26.0 Å². The van der Waals surface area contributed by atoms with E-state index in [4.69, 9.17) is 20.5 Å². The highest BCUT2D eigenvalue weighted by Crippen LogP contribution is 2.44. The molecule has 2 aromatic heterocycles. The number of nitrogens with zero attached hydrogens (tertiary/aromatic N) is 3. The lowest BCUT2D eigenvalue weighted by Gasteiger charge is -2.46. The predicted molar refractivity (Wildman–Crippen MR) is 134 cm³/mol. The molecule has 1 fully saturated rings. The van der Waals surface area contributed by atoms with E-state index < -0.39 is 35.3 Å². The molecule has 0 saturated carbocycles. The van der Waals surface area contributed by atoms with Crippen molar-refractivity contribution >= 4 is 17.2 Å². The summed E-state index contributed by atoms with van der Waals surface area (Å²) in [5.74, 6) is -0.901. The molecule has 186 valence electrons. The number of H-pyrrole nitrogens is 1. The van der Waals surface area contributed by atoms with Gasteiger partial charge in [-0.2, -0.15) is 5.26 Å². The van der Waals surface area contributed by atoms with Crippen LogP contribution in [0.15, 0.2) is 24.4 Å². The van der Waals surface area contributed by atoms with E-state index >= 15 is 0 Å². The second-order valence-corrected chi connectivity index (χ2v) is 10.9. The van der Waals surface area contributed by atoms with Gasteiger partial charge < -0.3 is 20.1 Å². The van der Waals surface area contributed by atoms with Crippen molar-refractivity contribution < 1.29 is 20.1 Å².